The molecule has 2 amide bonds. The summed E-state index contributed by atoms with van der Waals surface area (Å²) >= 11 is 2.84. The lowest BCUT2D eigenvalue weighted by molar-refractivity contribution is -0.138. The van der Waals surface area contributed by atoms with Gasteiger partial charge in [0.05, 0.1) is 11.5 Å². The number of carbonyl (C=O) groups excluding carboxylic acids is 2. The Morgan fingerprint density at radius 3 is 2.68 bits per heavy atom. The number of alkyl halides is 3. The van der Waals surface area contributed by atoms with Crippen molar-refractivity contribution in [3.8, 4) is 0 Å². The number of likely N-dealkylation sites (tertiary alicyclic amines) is 1. The molecular weight excluding hydrogens is 365 g/mol. The van der Waals surface area contributed by atoms with Crippen LogP contribution in [0.4, 0.5) is 18.9 Å². The Hall–Kier alpha value is -1.57. The van der Waals surface area contributed by atoms with Gasteiger partial charge in [-0.15, -0.1) is 0 Å². The van der Waals surface area contributed by atoms with Gasteiger partial charge in [0.2, 0.25) is 11.8 Å². The van der Waals surface area contributed by atoms with Crippen molar-refractivity contribution < 1.29 is 22.8 Å². The molecule has 1 N–H and O–H groups in total. The van der Waals surface area contributed by atoms with Gasteiger partial charge in [-0.25, -0.2) is 0 Å². The van der Waals surface area contributed by atoms with Crippen LogP contribution in [0.5, 0.6) is 0 Å². The van der Waals surface area contributed by atoms with Crippen LogP contribution in [0.2, 0.25) is 0 Å². The van der Waals surface area contributed by atoms with Crippen LogP contribution in [0.3, 0.4) is 0 Å². The quantitative estimate of drug-likeness (QED) is 0.877. The fourth-order valence-corrected chi connectivity index (χ4v) is 2.79. The number of halogens is 4. The van der Waals surface area contributed by atoms with Crippen LogP contribution >= 0.6 is 15.9 Å². The Morgan fingerprint density at radius 1 is 1.45 bits per heavy atom. The molecule has 0 aliphatic carbocycles. The number of anilines is 1. The van der Waals surface area contributed by atoms with E-state index in [1.54, 1.807) is 4.90 Å². The minimum atomic E-state index is -4.51. The summed E-state index contributed by atoms with van der Waals surface area (Å²) in [5.41, 5.74) is -0.800. The van der Waals surface area contributed by atoms with E-state index < -0.39 is 23.6 Å². The van der Waals surface area contributed by atoms with E-state index in [1.165, 1.54) is 12.1 Å². The zero-order chi connectivity index (χ0) is 16.5. The van der Waals surface area contributed by atoms with Crippen molar-refractivity contribution in [1.29, 1.82) is 0 Å². The minimum Gasteiger partial charge on any atom is -0.342 e. The maximum absolute atomic E-state index is 12.8. The third-order valence-corrected chi connectivity index (χ3v) is 4.20. The molecule has 1 aliphatic heterocycles. The van der Waals surface area contributed by atoms with Crippen molar-refractivity contribution in [2.75, 3.05) is 18.4 Å². The Morgan fingerprint density at radius 2 is 2.14 bits per heavy atom. The van der Waals surface area contributed by atoms with Gasteiger partial charge in [0, 0.05) is 29.7 Å². The van der Waals surface area contributed by atoms with E-state index in [4.69, 9.17) is 0 Å². The summed E-state index contributed by atoms with van der Waals surface area (Å²) in [6.45, 7) is 2.62. The van der Waals surface area contributed by atoms with E-state index in [9.17, 15) is 22.8 Å². The highest BCUT2D eigenvalue weighted by Crippen LogP contribution is 2.36. The SMILES string of the molecule is CCN1CC(C(=O)Nc2ccc(Br)c(C(F)(F)F)c2)CC1=O. The summed E-state index contributed by atoms with van der Waals surface area (Å²) in [4.78, 5) is 25.2. The van der Waals surface area contributed by atoms with Gasteiger partial charge in [0.15, 0.2) is 0 Å². The van der Waals surface area contributed by atoms with Gasteiger partial charge in [-0.2, -0.15) is 13.2 Å². The van der Waals surface area contributed by atoms with Crippen LogP contribution in [-0.2, 0) is 15.8 Å². The zero-order valence-corrected chi connectivity index (χ0v) is 13.3. The van der Waals surface area contributed by atoms with E-state index in [2.05, 4.69) is 21.2 Å². The Bertz CT molecular complexity index is 604. The molecular formula is C14H14BrF3N2O2. The third-order valence-electron chi connectivity index (χ3n) is 3.51. The highest BCUT2D eigenvalue weighted by molar-refractivity contribution is 9.10. The monoisotopic (exact) mass is 378 g/mol. The summed E-state index contributed by atoms with van der Waals surface area (Å²) in [6.07, 6.45) is -4.43. The summed E-state index contributed by atoms with van der Waals surface area (Å²) in [6, 6.07) is 3.48. The van der Waals surface area contributed by atoms with Crippen LogP contribution < -0.4 is 5.32 Å². The van der Waals surface area contributed by atoms with Gasteiger partial charge in [-0.05, 0) is 25.1 Å². The van der Waals surface area contributed by atoms with Gasteiger partial charge in [0.1, 0.15) is 0 Å². The maximum Gasteiger partial charge on any atom is 0.417 e. The van der Waals surface area contributed by atoms with E-state index in [0.29, 0.717) is 13.1 Å². The Labute approximate surface area is 133 Å². The first kappa shape index (κ1) is 16.8. The summed E-state index contributed by atoms with van der Waals surface area (Å²) < 4.78 is 38.4. The molecule has 1 atom stereocenters. The number of carbonyl (C=O) groups is 2. The molecule has 0 radical (unpaired) electrons. The lowest BCUT2D eigenvalue weighted by Gasteiger charge is -2.15. The van der Waals surface area contributed by atoms with Gasteiger partial charge in [0.25, 0.3) is 0 Å². The van der Waals surface area contributed by atoms with Gasteiger partial charge in [-0.1, -0.05) is 15.9 Å². The Balaban J connectivity index is 2.11. The average Bonchev–Trinajstić information content (AvgIpc) is 2.81. The summed E-state index contributed by atoms with van der Waals surface area (Å²) in [7, 11) is 0. The number of hydrogen-bond acceptors (Lipinski definition) is 2. The molecule has 8 heteroatoms. The second-order valence-electron chi connectivity index (χ2n) is 5.02. The van der Waals surface area contributed by atoms with Crippen molar-refractivity contribution in [3.63, 3.8) is 0 Å². The molecule has 1 aromatic carbocycles. The first-order valence-corrected chi connectivity index (χ1v) is 7.47. The topological polar surface area (TPSA) is 49.4 Å². The molecule has 22 heavy (non-hydrogen) atoms. The largest absolute Gasteiger partial charge is 0.417 e. The maximum atomic E-state index is 12.8. The van der Waals surface area contributed by atoms with Crippen LogP contribution in [0.1, 0.15) is 18.9 Å². The van der Waals surface area contributed by atoms with Crippen LogP contribution in [0.15, 0.2) is 22.7 Å². The molecule has 0 aromatic heterocycles. The molecule has 120 valence electrons. The first-order chi connectivity index (χ1) is 10.2. The fraction of sp³-hybridized carbons (Fsp3) is 0.429. The molecule has 1 saturated heterocycles. The van der Waals surface area contributed by atoms with Gasteiger partial charge >= 0.3 is 6.18 Å². The normalized spacial score (nSPS) is 18.7. The highest BCUT2D eigenvalue weighted by Gasteiger charge is 2.35. The number of nitrogens with zero attached hydrogens (tertiary/aromatic N) is 1. The molecule has 1 unspecified atom stereocenters. The van der Waals surface area contributed by atoms with Crippen molar-refractivity contribution in [2.24, 2.45) is 5.92 Å². The molecule has 0 saturated carbocycles. The lowest BCUT2D eigenvalue weighted by atomic mass is 10.1. The smallest absolute Gasteiger partial charge is 0.342 e. The second kappa shape index (κ2) is 6.28. The second-order valence-corrected chi connectivity index (χ2v) is 5.87. The standard InChI is InChI=1S/C14H14BrF3N2O2/c1-2-20-7-8(5-12(20)21)13(22)19-9-3-4-11(15)10(6-9)14(16,17)18/h3-4,6,8H,2,5,7H2,1H3,(H,19,22). The molecule has 2 rings (SSSR count). The van der Waals surface area contributed by atoms with Crippen molar-refractivity contribution in [2.45, 2.75) is 19.5 Å². The number of hydrogen-bond donors (Lipinski definition) is 1. The molecule has 1 heterocycles. The molecule has 0 spiro atoms. The van der Waals surface area contributed by atoms with Gasteiger partial charge < -0.3 is 10.2 Å². The van der Waals surface area contributed by atoms with Crippen molar-refractivity contribution in [1.82, 2.24) is 4.90 Å². The third kappa shape index (κ3) is 3.60. The number of nitrogens with one attached hydrogen (secondary N) is 1. The number of benzene rings is 1. The van der Waals surface area contributed by atoms with E-state index in [1.807, 2.05) is 6.92 Å². The minimum absolute atomic E-state index is 0.0583. The predicted octanol–water partition coefficient (Wildman–Crippen LogP) is 3.27. The lowest BCUT2D eigenvalue weighted by Crippen LogP contribution is -2.28. The summed E-state index contributed by atoms with van der Waals surface area (Å²) in [5.74, 6) is -1.10. The molecule has 1 aliphatic rings. The zero-order valence-electron chi connectivity index (χ0n) is 11.7. The first-order valence-electron chi connectivity index (χ1n) is 6.67. The Kier molecular flexibility index (Phi) is 4.79. The number of amides is 2. The van der Waals surface area contributed by atoms with Crippen LogP contribution in [-0.4, -0.2) is 29.8 Å². The van der Waals surface area contributed by atoms with E-state index >= 15 is 0 Å². The van der Waals surface area contributed by atoms with Crippen molar-refractivity contribution >= 4 is 33.4 Å². The molecule has 1 aromatic rings. The summed E-state index contributed by atoms with van der Waals surface area (Å²) in [5, 5.41) is 2.45. The fourth-order valence-electron chi connectivity index (χ4n) is 2.32. The highest BCUT2D eigenvalue weighted by atomic mass is 79.9. The van der Waals surface area contributed by atoms with E-state index in [0.717, 1.165) is 6.07 Å². The average molecular weight is 379 g/mol. The van der Waals surface area contributed by atoms with E-state index in [-0.39, 0.29) is 22.5 Å². The van der Waals surface area contributed by atoms with Gasteiger partial charge in [-0.3, -0.25) is 9.59 Å². The van der Waals surface area contributed by atoms with Crippen LogP contribution in [0, 0.1) is 5.92 Å². The molecule has 1 fully saturated rings. The van der Waals surface area contributed by atoms with Crippen molar-refractivity contribution in [3.05, 3.63) is 28.2 Å². The predicted molar refractivity (Wildman–Crippen MR) is 78.1 cm³/mol. The number of rotatable bonds is 3. The van der Waals surface area contributed by atoms with Crippen LogP contribution in [0.25, 0.3) is 0 Å². The molecule has 0 bridgehead atoms. The molecule has 4 nitrogen and oxygen atoms in total.